The molecule has 1 N–H and O–H groups in total. The van der Waals surface area contributed by atoms with Gasteiger partial charge in [0.2, 0.25) is 0 Å². The number of carbonyl (C=O) groups is 1. The summed E-state index contributed by atoms with van der Waals surface area (Å²) in [4.78, 5) is 13.1. The molecule has 1 amide bonds. The summed E-state index contributed by atoms with van der Waals surface area (Å²) in [5.41, 5.74) is 2.68. The molecular weight excluding hydrogens is 492 g/mol. The van der Waals surface area contributed by atoms with Crippen LogP contribution in [-0.4, -0.2) is 20.4 Å². The predicted molar refractivity (Wildman–Crippen MR) is 146 cm³/mol. The highest BCUT2D eigenvalue weighted by Crippen LogP contribution is 2.31. The predicted octanol–water partition coefficient (Wildman–Crippen LogP) is 6.89. The molecule has 7 heteroatoms. The van der Waals surface area contributed by atoms with Crippen LogP contribution in [0, 0.1) is 6.92 Å². The molecule has 0 saturated heterocycles. The van der Waals surface area contributed by atoms with Gasteiger partial charge < -0.3 is 5.32 Å². The highest BCUT2D eigenvalue weighted by atomic mass is 35.5. The van der Waals surface area contributed by atoms with Crippen LogP contribution in [0.2, 0.25) is 5.02 Å². The maximum atomic E-state index is 13.7. The highest BCUT2D eigenvalue weighted by molar-refractivity contribution is 7.92. The number of hydrogen-bond acceptors (Lipinski definition) is 3. The molecule has 0 aliphatic heterocycles. The summed E-state index contributed by atoms with van der Waals surface area (Å²) in [7, 11) is -3.85. The van der Waals surface area contributed by atoms with E-state index in [1.807, 2.05) is 25.1 Å². The zero-order chi connectivity index (χ0) is 25.5. The Morgan fingerprint density at radius 3 is 2.22 bits per heavy atom. The second-order valence-corrected chi connectivity index (χ2v) is 11.8. The Morgan fingerprint density at radius 1 is 0.917 bits per heavy atom. The van der Waals surface area contributed by atoms with Gasteiger partial charge in [0.15, 0.2) is 0 Å². The molecule has 36 heavy (non-hydrogen) atoms. The van der Waals surface area contributed by atoms with Crippen LogP contribution in [0.4, 0.5) is 5.69 Å². The zero-order valence-corrected chi connectivity index (χ0v) is 22.2. The Balaban J connectivity index is 1.56. The maximum Gasteiger partial charge on any atom is 0.264 e. The normalized spacial score (nSPS) is 15.1. The van der Waals surface area contributed by atoms with E-state index in [2.05, 4.69) is 5.32 Å². The molecule has 1 aliphatic carbocycles. The largest absolute Gasteiger partial charge is 0.349 e. The van der Waals surface area contributed by atoms with Crippen molar-refractivity contribution < 1.29 is 13.2 Å². The third-order valence-electron chi connectivity index (χ3n) is 6.75. The van der Waals surface area contributed by atoms with E-state index < -0.39 is 10.0 Å². The summed E-state index contributed by atoms with van der Waals surface area (Å²) in [6, 6.07) is 21.0. The molecular formula is C29H33ClN2O3S. The molecule has 0 atom stereocenters. The lowest BCUT2D eigenvalue weighted by atomic mass is 9.96. The van der Waals surface area contributed by atoms with Crippen LogP contribution in [0.15, 0.2) is 77.7 Å². The van der Waals surface area contributed by atoms with E-state index in [0.29, 0.717) is 16.3 Å². The van der Waals surface area contributed by atoms with Gasteiger partial charge in [-0.25, -0.2) is 8.42 Å². The number of hydrogen-bond donors (Lipinski definition) is 1. The van der Waals surface area contributed by atoms with Crippen LogP contribution >= 0.6 is 11.6 Å². The first kappa shape index (κ1) is 26.2. The van der Waals surface area contributed by atoms with Gasteiger partial charge in [-0.15, -0.1) is 0 Å². The highest BCUT2D eigenvalue weighted by Gasteiger charge is 2.26. The van der Waals surface area contributed by atoms with Crippen LogP contribution < -0.4 is 9.62 Å². The minimum atomic E-state index is -3.85. The molecule has 0 heterocycles. The lowest BCUT2D eigenvalue weighted by Gasteiger charge is -2.26. The smallest absolute Gasteiger partial charge is 0.264 e. The van der Waals surface area contributed by atoms with Gasteiger partial charge in [-0.3, -0.25) is 9.10 Å². The summed E-state index contributed by atoms with van der Waals surface area (Å²) < 4.78 is 28.7. The number of nitrogens with zero attached hydrogens (tertiary/aromatic N) is 1. The van der Waals surface area contributed by atoms with Gasteiger partial charge in [0.25, 0.3) is 15.9 Å². The van der Waals surface area contributed by atoms with Crippen LogP contribution in [0.5, 0.6) is 0 Å². The lowest BCUT2D eigenvalue weighted by molar-refractivity contribution is 0.0930. The topological polar surface area (TPSA) is 66.5 Å². The fraction of sp³-hybridized carbons (Fsp3) is 0.345. The van der Waals surface area contributed by atoms with Crippen molar-refractivity contribution in [2.75, 3.05) is 4.31 Å². The Kier molecular flexibility index (Phi) is 8.70. The quantitative estimate of drug-likeness (QED) is 0.366. The molecule has 1 aliphatic rings. The molecule has 0 spiro atoms. The van der Waals surface area contributed by atoms with Gasteiger partial charge >= 0.3 is 0 Å². The van der Waals surface area contributed by atoms with Crippen LogP contribution in [0.25, 0.3) is 0 Å². The Hall–Kier alpha value is -2.83. The van der Waals surface area contributed by atoms with Gasteiger partial charge in [-0.2, -0.15) is 0 Å². The van der Waals surface area contributed by atoms with Crippen LogP contribution in [-0.2, 0) is 16.6 Å². The molecule has 3 aromatic carbocycles. The van der Waals surface area contributed by atoms with E-state index in [4.69, 9.17) is 11.6 Å². The number of anilines is 1. The van der Waals surface area contributed by atoms with Crippen molar-refractivity contribution in [3.05, 3.63) is 94.5 Å². The molecule has 0 radical (unpaired) electrons. The maximum absolute atomic E-state index is 13.7. The summed E-state index contributed by atoms with van der Waals surface area (Å²) in [6.45, 7) is 1.98. The van der Waals surface area contributed by atoms with E-state index >= 15 is 0 Å². The van der Waals surface area contributed by atoms with E-state index in [1.165, 1.54) is 23.6 Å². The number of rotatable bonds is 7. The van der Waals surface area contributed by atoms with Crippen molar-refractivity contribution in [3.8, 4) is 0 Å². The number of halogens is 1. The van der Waals surface area contributed by atoms with Crippen molar-refractivity contribution in [2.45, 2.75) is 69.4 Å². The van der Waals surface area contributed by atoms with Crippen molar-refractivity contribution in [1.82, 2.24) is 5.32 Å². The van der Waals surface area contributed by atoms with E-state index in [0.717, 1.165) is 36.8 Å². The van der Waals surface area contributed by atoms with E-state index in [1.54, 1.807) is 54.6 Å². The van der Waals surface area contributed by atoms with Gasteiger partial charge in [0.05, 0.1) is 17.1 Å². The van der Waals surface area contributed by atoms with Crippen molar-refractivity contribution in [3.63, 3.8) is 0 Å². The van der Waals surface area contributed by atoms with Gasteiger partial charge in [0.1, 0.15) is 0 Å². The molecule has 0 bridgehead atoms. The summed E-state index contributed by atoms with van der Waals surface area (Å²) in [6.07, 6.45) is 8.10. The monoisotopic (exact) mass is 524 g/mol. The third kappa shape index (κ3) is 6.48. The van der Waals surface area contributed by atoms with Crippen molar-refractivity contribution >= 4 is 33.2 Å². The van der Waals surface area contributed by atoms with Crippen LogP contribution in [0.1, 0.15) is 66.4 Å². The first-order valence-electron chi connectivity index (χ1n) is 12.6. The average molecular weight is 525 g/mol. The first-order valence-corrected chi connectivity index (χ1v) is 14.4. The minimum Gasteiger partial charge on any atom is -0.349 e. The number of aryl methyl sites for hydroxylation is 1. The van der Waals surface area contributed by atoms with E-state index in [-0.39, 0.29) is 23.4 Å². The Bertz CT molecular complexity index is 1270. The Labute approximate surface area is 219 Å². The standard InChI is InChI=1S/C29H33ClN2O3S/c1-22-14-19-25(30)20-28(22)32(36(34,35)27-12-8-5-9-13-27)21-23-15-17-24(18-16-23)29(33)31-26-10-6-3-2-4-7-11-26/h5,8-9,12-20,26H,2-4,6-7,10-11,21H2,1H3,(H,31,33). The number of carbonyl (C=O) groups excluding carboxylic acids is 1. The second kappa shape index (κ2) is 11.9. The lowest BCUT2D eigenvalue weighted by Crippen LogP contribution is -2.35. The average Bonchev–Trinajstić information content (AvgIpc) is 2.86. The SMILES string of the molecule is Cc1ccc(Cl)cc1N(Cc1ccc(C(=O)NC2CCCCCCC2)cc1)S(=O)(=O)c1ccccc1. The fourth-order valence-corrected chi connectivity index (χ4v) is 6.36. The van der Waals surface area contributed by atoms with Crippen LogP contribution in [0.3, 0.4) is 0 Å². The zero-order valence-electron chi connectivity index (χ0n) is 20.6. The first-order chi connectivity index (χ1) is 17.3. The molecule has 190 valence electrons. The molecule has 3 aromatic rings. The van der Waals surface area contributed by atoms with Crippen molar-refractivity contribution in [2.24, 2.45) is 0 Å². The molecule has 0 aromatic heterocycles. The summed E-state index contributed by atoms with van der Waals surface area (Å²) in [5, 5.41) is 3.65. The molecule has 5 nitrogen and oxygen atoms in total. The molecule has 1 saturated carbocycles. The summed E-state index contributed by atoms with van der Waals surface area (Å²) in [5.74, 6) is -0.0772. The fourth-order valence-electron chi connectivity index (χ4n) is 4.67. The molecule has 4 rings (SSSR count). The number of benzene rings is 3. The Morgan fingerprint density at radius 2 is 1.56 bits per heavy atom. The third-order valence-corrected chi connectivity index (χ3v) is 8.76. The van der Waals surface area contributed by atoms with Gasteiger partial charge in [-0.05, 0) is 67.3 Å². The molecule has 0 unspecified atom stereocenters. The molecule has 1 fully saturated rings. The van der Waals surface area contributed by atoms with E-state index in [9.17, 15) is 13.2 Å². The van der Waals surface area contributed by atoms with Gasteiger partial charge in [-0.1, -0.05) is 80.1 Å². The number of nitrogens with one attached hydrogen (secondary N) is 1. The number of amides is 1. The minimum absolute atomic E-state index is 0.0772. The van der Waals surface area contributed by atoms with Crippen molar-refractivity contribution in [1.29, 1.82) is 0 Å². The second-order valence-electron chi connectivity index (χ2n) is 9.47. The number of sulfonamides is 1. The summed E-state index contributed by atoms with van der Waals surface area (Å²) >= 11 is 6.25. The van der Waals surface area contributed by atoms with Gasteiger partial charge in [0, 0.05) is 16.6 Å².